The van der Waals surface area contributed by atoms with Gasteiger partial charge in [0.05, 0.1) is 6.20 Å². The van der Waals surface area contributed by atoms with E-state index in [9.17, 15) is 4.79 Å². The van der Waals surface area contributed by atoms with E-state index in [1.54, 1.807) is 18.6 Å². The molecule has 2 atom stereocenters. The number of nitrogens with zero attached hydrogens (tertiary/aromatic N) is 4. The van der Waals surface area contributed by atoms with E-state index in [4.69, 9.17) is 0 Å². The number of carbonyl (C=O) groups is 1. The summed E-state index contributed by atoms with van der Waals surface area (Å²) in [6, 6.07) is 0.351. The van der Waals surface area contributed by atoms with Gasteiger partial charge < -0.3 is 9.80 Å². The van der Waals surface area contributed by atoms with E-state index >= 15 is 0 Å². The lowest BCUT2D eigenvalue weighted by molar-refractivity contribution is -0.138. The van der Waals surface area contributed by atoms with Crippen LogP contribution in [0.15, 0.2) is 18.6 Å². The fraction of sp³-hybridized carbons (Fsp3) is 0.688. The molecule has 6 heteroatoms. The Labute approximate surface area is 136 Å². The van der Waals surface area contributed by atoms with Crippen molar-refractivity contribution in [2.45, 2.75) is 38.0 Å². The molecular weight excluding hydrogens is 296 g/mol. The van der Waals surface area contributed by atoms with Gasteiger partial charge in [0.1, 0.15) is 5.82 Å². The molecule has 0 saturated carbocycles. The number of carbonyl (C=O) groups excluding carboxylic acids is 1. The maximum Gasteiger partial charge on any atom is 0.226 e. The zero-order chi connectivity index (χ0) is 15.5. The highest BCUT2D eigenvalue weighted by Crippen LogP contribution is 2.28. The average Bonchev–Trinajstić information content (AvgIpc) is 2.58. The SMILES string of the molecule is C[C@@H]1SCCN(C(=O)C2CCN(c3cnccn3)CC2)[C@H]1C. The monoisotopic (exact) mass is 320 g/mol. The topological polar surface area (TPSA) is 49.3 Å². The van der Waals surface area contributed by atoms with Crippen molar-refractivity contribution in [3.05, 3.63) is 18.6 Å². The van der Waals surface area contributed by atoms with Crippen LogP contribution in [0.25, 0.3) is 0 Å². The first-order valence-corrected chi connectivity index (χ1v) is 9.14. The van der Waals surface area contributed by atoms with Crippen LogP contribution in [0, 0.1) is 5.92 Å². The number of rotatable bonds is 2. The van der Waals surface area contributed by atoms with Gasteiger partial charge in [0.15, 0.2) is 0 Å². The number of hydrogen-bond acceptors (Lipinski definition) is 5. The first-order chi connectivity index (χ1) is 10.7. The molecule has 0 aromatic carbocycles. The summed E-state index contributed by atoms with van der Waals surface area (Å²) in [7, 11) is 0. The van der Waals surface area contributed by atoms with E-state index in [1.807, 2.05) is 11.8 Å². The minimum Gasteiger partial charge on any atom is -0.355 e. The fourth-order valence-corrected chi connectivity index (χ4v) is 4.39. The summed E-state index contributed by atoms with van der Waals surface area (Å²) in [5.41, 5.74) is 0. The van der Waals surface area contributed by atoms with Gasteiger partial charge >= 0.3 is 0 Å². The van der Waals surface area contributed by atoms with Crippen molar-refractivity contribution in [3.8, 4) is 0 Å². The molecule has 2 aliphatic rings. The van der Waals surface area contributed by atoms with Gasteiger partial charge in [-0.3, -0.25) is 9.78 Å². The number of anilines is 1. The first kappa shape index (κ1) is 15.6. The summed E-state index contributed by atoms with van der Waals surface area (Å²) in [6.07, 6.45) is 7.05. The lowest BCUT2D eigenvalue weighted by atomic mass is 9.94. The standard InChI is InChI=1S/C16H24N4OS/c1-12-13(2)22-10-9-20(12)16(21)14-3-7-19(8-4-14)15-11-17-5-6-18-15/h5-6,11-14H,3-4,7-10H2,1-2H3/t12-,13-/m0/s1. The number of amides is 1. The van der Waals surface area contributed by atoms with E-state index in [-0.39, 0.29) is 5.92 Å². The van der Waals surface area contributed by atoms with E-state index in [0.717, 1.165) is 44.0 Å². The smallest absolute Gasteiger partial charge is 0.226 e. The lowest BCUT2D eigenvalue weighted by Crippen LogP contribution is -2.51. The minimum atomic E-state index is 0.172. The molecule has 2 fully saturated rings. The van der Waals surface area contributed by atoms with Crippen LogP contribution in [-0.4, -0.2) is 57.5 Å². The van der Waals surface area contributed by atoms with E-state index < -0.39 is 0 Å². The quantitative estimate of drug-likeness (QED) is 0.835. The molecule has 120 valence electrons. The maximum absolute atomic E-state index is 12.8. The van der Waals surface area contributed by atoms with Crippen molar-refractivity contribution in [1.29, 1.82) is 0 Å². The molecule has 5 nitrogen and oxygen atoms in total. The van der Waals surface area contributed by atoms with Crippen molar-refractivity contribution in [3.63, 3.8) is 0 Å². The van der Waals surface area contributed by atoms with Gasteiger partial charge in [-0.05, 0) is 19.8 Å². The second-order valence-electron chi connectivity index (χ2n) is 6.17. The molecule has 3 rings (SSSR count). The van der Waals surface area contributed by atoms with Gasteiger partial charge in [-0.15, -0.1) is 0 Å². The summed E-state index contributed by atoms with van der Waals surface area (Å²) in [6.45, 7) is 7.09. The second kappa shape index (κ2) is 6.86. The molecule has 2 aliphatic heterocycles. The predicted octanol–water partition coefficient (Wildman–Crippen LogP) is 2.05. The van der Waals surface area contributed by atoms with Crippen LogP contribution >= 0.6 is 11.8 Å². The number of piperidine rings is 1. The van der Waals surface area contributed by atoms with Gasteiger partial charge in [0, 0.05) is 55.0 Å². The molecule has 0 N–H and O–H groups in total. The van der Waals surface area contributed by atoms with Crippen LogP contribution in [0.1, 0.15) is 26.7 Å². The van der Waals surface area contributed by atoms with Crippen LogP contribution < -0.4 is 4.90 Å². The number of hydrogen-bond donors (Lipinski definition) is 0. The molecular formula is C16H24N4OS. The lowest BCUT2D eigenvalue weighted by Gasteiger charge is -2.41. The molecule has 0 aliphatic carbocycles. The van der Waals surface area contributed by atoms with Gasteiger partial charge in [0.2, 0.25) is 5.91 Å². The van der Waals surface area contributed by atoms with E-state index in [2.05, 4.69) is 33.6 Å². The Kier molecular flexibility index (Phi) is 4.86. The summed E-state index contributed by atoms with van der Waals surface area (Å²) < 4.78 is 0. The fourth-order valence-electron chi connectivity index (χ4n) is 3.29. The largest absolute Gasteiger partial charge is 0.355 e. The Balaban J connectivity index is 1.58. The Morgan fingerprint density at radius 2 is 2.00 bits per heavy atom. The zero-order valence-electron chi connectivity index (χ0n) is 13.3. The Morgan fingerprint density at radius 3 is 2.68 bits per heavy atom. The maximum atomic E-state index is 12.8. The summed E-state index contributed by atoms with van der Waals surface area (Å²) in [4.78, 5) is 25.6. The highest BCUT2D eigenvalue weighted by atomic mass is 32.2. The van der Waals surface area contributed by atoms with Gasteiger partial charge in [-0.2, -0.15) is 11.8 Å². The third kappa shape index (κ3) is 3.21. The Bertz CT molecular complexity index is 504. The van der Waals surface area contributed by atoms with Gasteiger partial charge in [0.25, 0.3) is 0 Å². The zero-order valence-corrected chi connectivity index (χ0v) is 14.1. The molecule has 1 amide bonds. The molecule has 0 bridgehead atoms. The summed E-state index contributed by atoms with van der Waals surface area (Å²) >= 11 is 1.97. The van der Waals surface area contributed by atoms with Crippen LogP contribution in [-0.2, 0) is 4.79 Å². The minimum absolute atomic E-state index is 0.172. The third-order valence-corrected chi connectivity index (χ3v) is 6.22. The van der Waals surface area contributed by atoms with Crippen LogP contribution in [0.3, 0.4) is 0 Å². The molecule has 0 unspecified atom stereocenters. The van der Waals surface area contributed by atoms with Crippen molar-refractivity contribution < 1.29 is 4.79 Å². The van der Waals surface area contributed by atoms with Gasteiger partial charge in [-0.1, -0.05) is 6.92 Å². The molecule has 0 spiro atoms. The third-order valence-electron chi connectivity index (χ3n) is 4.88. The van der Waals surface area contributed by atoms with Gasteiger partial charge in [-0.25, -0.2) is 4.98 Å². The summed E-state index contributed by atoms with van der Waals surface area (Å²) in [5, 5.41) is 0.539. The molecule has 2 saturated heterocycles. The van der Waals surface area contributed by atoms with Crippen molar-refractivity contribution >= 4 is 23.5 Å². The molecule has 1 aromatic rings. The van der Waals surface area contributed by atoms with E-state index in [1.165, 1.54) is 0 Å². The normalized spacial score (nSPS) is 27.0. The Hall–Kier alpha value is -1.30. The van der Waals surface area contributed by atoms with Crippen LogP contribution in [0.5, 0.6) is 0 Å². The Morgan fingerprint density at radius 1 is 1.23 bits per heavy atom. The average molecular weight is 320 g/mol. The van der Waals surface area contributed by atoms with E-state index in [0.29, 0.717) is 17.2 Å². The van der Waals surface area contributed by atoms with Crippen molar-refractivity contribution in [2.75, 3.05) is 30.3 Å². The molecule has 1 aromatic heterocycles. The highest BCUT2D eigenvalue weighted by molar-refractivity contribution is 8.00. The van der Waals surface area contributed by atoms with Crippen LogP contribution in [0.2, 0.25) is 0 Å². The number of aromatic nitrogens is 2. The van der Waals surface area contributed by atoms with Crippen molar-refractivity contribution in [2.24, 2.45) is 5.92 Å². The van der Waals surface area contributed by atoms with Crippen LogP contribution in [0.4, 0.5) is 5.82 Å². The first-order valence-electron chi connectivity index (χ1n) is 8.10. The number of thioether (sulfide) groups is 1. The highest BCUT2D eigenvalue weighted by Gasteiger charge is 2.34. The molecule has 3 heterocycles. The molecule has 22 heavy (non-hydrogen) atoms. The van der Waals surface area contributed by atoms with Crippen molar-refractivity contribution in [1.82, 2.24) is 14.9 Å². The molecule has 0 radical (unpaired) electrons. The predicted molar refractivity (Wildman–Crippen MR) is 90.1 cm³/mol. The second-order valence-corrected chi connectivity index (χ2v) is 7.66. The summed E-state index contributed by atoms with van der Waals surface area (Å²) in [5.74, 6) is 2.52.